The topological polar surface area (TPSA) is 32.8 Å². The number of hydrogen-bond acceptors (Lipinski definition) is 2. The second kappa shape index (κ2) is 1.25. The molecule has 0 radical (unpaired) electrons. The zero-order chi connectivity index (χ0) is 5.72. The van der Waals surface area contributed by atoms with Gasteiger partial charge in [-0.25, -0.2) is 0 Å². The van der Waals surface area contributed by atoms with Crippen LogP contribution < -0.4 is 0 Å². The van der Waals surface area contributed by atoms with E-state index in [1.165, 1.54) is 0 Å². The van der Waals surface area contributed by atoms with E-state index in [1.807, 2.05) is 6.92 Å². The minimum atomic E-state index is -0.0845. The molecule has 0 spiro atoms. The molecule has 1 aliphatic heterocycles. The number of rotatable bonds is 0. The molecule has 1 N–H and O–H groups in total. The number of ether oxygens (including phenoxy) is 1. The molecule has 2 nitrogen and oxygen atoms in total. The first-order chi connectivity index (χ1) is 3.79. The Bertz CT molecular complexity index is 111. The average molecular weight is 114 g/mol. The van der Waals surface area contributed by atoms with Gasteiger partial charge in [0.2, 0.25) is 0 Å². The van der Waals surface area contributed by atoms with Gasteiger partial charge in [-0.3, -0.25) is 0 Å². The summed E-state index contributed by atoms with van der Waals surface area (Å²) < 4.78 is 5.18. The van der Waals surface area contributed by atoms with E-state index in [0.717, 1.165) is 6.42 Å². The Kier molecular flexibility index (Phi) is 0.746. The molecule has 1 heterocycles. The number of epoxide rings is 1. The molecule has 0 bridgehead atoms. The highest BCUT2D eigenvalue weighted by Gasteiger charge is 2.52. The molecule has 1 saturated heterocycles. The lowest BCUT2D eigenvalue weighted by atomic mass is 10.1. The fraction of sp³-hybridized carbons (Fsp3) is 1.00. The van der Waals surface area contributed by atoms with E-state index in [0.29, 0.717) is 18.1 Å². The van der Waals surface area contributed by atoms with Gasteiger partial charge >= 0.3 is 0 Å². The Morgan fingerprint density at radius 3 is 2.62 bits per heavy atom. The van der Waals surface area contributed by atoms with Gasteiger partial charge in [-0.15, -0.1) is 0 Å². The standard InChI is InChI=1S/C6H10O2/c1-3-4(7)2-5-6(3)8-5/h3-7H,2H2,1H3. The average Bonchev–Trinajstić information content (AvgIpc) is 2.39. The van der Waals surface area contributed by atoms with Crippen molar-refractivity contribution < 1.29 is 9.84 Å². The van der Waals surface area contributed by atoms with E-state index < -0.39 is 0 Å². The molecule has 0 aromatic carbocycles. The van der Waals surface area contributed by atoms with Crippen molar-refractivity contribution in [3.8, 4) is 0 Å². The molecule has 2 aliphatic rings. The van der Waals surface area contributed by atoms with Crippen LogP contribution in [-0.4, -0.2) is 23.4 Å². The van der Waals surface area contributed by atoms with Crippen molar-refractivity contribution in [2.24, 2.45) is 5.92 Å². The van der Waals surface area contributed by atoms with E-state index in [-0.39, 0.29) is 6.10 Å². The summed E-state index contributed by atoms with van der Waals surface area (Å²) in [4.78, 5) is 0. The molecule has 8 heavy (non-hydrogen) atoms. The number of aliphatic hydroxyl groups is 1. The van der Waals surface area contributed by atoms with Crippen molar-refractivity contribution in [3.63, 3.8) is 0 Å². The Morgan fingerprint density at radius 2 is 2.38 bits per heavy atom. The van der Waals surface area contributed by atoms with Crippen molar-refractivity contribution >= 4 is 0 Å². The van der Waals surface area contributed by atoms with Crippen LogP contribution in [0.3, 0.4) is 0 Å². The molecule has 1 aliphatic carbocycles. The molecule has 1 saturated carbocycles. The van der Waals surface area contributed by atoms with Crippen molar-refractivity contribution in [3.05, 3.63) is 0 Å². The molecule has 4 atom stereocenters. The van der Waals surface area contributed by atoms with Gasteiger partial charge in [0.1, 0.15) is 0 Å². The van der Waals surface area contributed by atoms with Crippen LogP contribution in [0.25, 0.3) is 0 Å². The van der Waals surface area contributed by atoms with Gasteiger partial charge < -0.3 is 9.84 Å². The normalized spacial score (nSPS) is 60.8. The highest BCUT2D eigenvalue weighted by molar-refractivity contribution is 5.00. The number of hydrogen-bond donors (Lipinski definition) is 1. The van der Waals surface area contributed by atoms with Gasteiger partial charge in [0, 0.05) is 12.3 Å². The maximum Gasteiger partial charge on any atom is 0.0892 e. The van der Waals surface area contributed by atoms with E-state index in [9.17, 15) is 0 Å². The lowest BCUT2D eigenvalue weighted by Gasteiger charge is -2.08. The maximum absolute atomic E-state index is 9.12. The van der Waals surface area contributed by atoms with Crippen LogP contribution in [-0.2, 0) is 4.74 Å². The summed E-state index contributed by atoms with van der Waals surface area (Å²) in [6.45, 7) is 2.04. The van der Waals surface area contributed by atoms with E-state index in [2.05, 4.69) is 0 Å². The predicted molar refractivity (Wildman–Crippen MR) is 28.4 cm³/mol. The van der Waals surface area contributed by atoms with Gasteiger partial charge in [0.25, 0.3) is 0 Å². The molecule has 4 unspecified atom stereocenters. The SMILES string of the molecule is CC1C(O)CC2OC21. The summed E-state index contributed by atoms with van der Waals surface area (Å²) in [6.07, 6.45) is 1.61. The smallest absolute Gasteiger partial charge is 0.0892 e. The lowest BCUT2D eigenvalue weighted by Crippen LogP contribution is -2.15. The van der Waals surface area contributed by atoms with E-state index >= 15 is 0 Å². The second-order valence-corrected chi connectivity index (χ2v) is 2.80. The van der Waals surface area contributed by atoms with Crippen molar-refractivity contribution in [2.75, 3.05) is 0 Å². The van der Waals surface area contributed by atoms with Crippen LogP contribution in [0.1, 0.15) is 13.3 Å². The largest absolute Gasteiger partial charge is 0.393 e. The monoisotopic (exact) mass is 114 g/mol. The van der Waals surface area contributed by atoms with Gasteiger partial charge in [-0.2, -0.15) is 0 Å². The van der Waals surface area contributed by atoms with Crippen LogP contribution >= 0.6 is 0 Å². The van der Waals surface area contributed by atoms with Gasteiger partial charge in [-0.05, 0) is 0 Å². The third kappa shape index (κ3) is 0.446. The first-order valence-electron chi connectivity index (χ1n) is 3.12. The van der Waals surface area contributed by atoms with E-state index in [1.54, 1.807) is 0 Å². The summed E-state index contributed by atoms with van der Waals surface area (Å²) in [5.41, 5.74) is 0. The maximum atomic E-state index is 9.12. The van der Waals surface area contributed by atoms with Gasteiger partial charge in [0.05, 0.1) is 18.3 Å². The quantitative estimate of drug-likeness (QED) is 0.455. The summed E-state index contributed by atoms with van der Waals surface area (Å²) in [7, 11) is 0. The van der Waals surface area contributed by atoms with Crippen LogP contribution in [0, 0.1) is 5.92 Å². The Balaban J connectivity index is 2.08. The number of aliphatic hydroxyl groups excluding tert-OH is 1. The highest BCUT2D eigenvalue weighted by Crippen LogP contribution is 2.42. The highest BCUT2D eigenvalue weighted by atomic mass is 16.6. The minimum Gasteiger partial charge on any atom is -0.393 e. The molecule has 0 aromatic rings. The van der Waals surface area contributed by atoms with Gasteiger partial charge in [0.15, 0.2) is 0 Å². The van der Waals surface area contributed by atoms with E-state index in [4.69, 9.17) is 9.84 Å². The first-order valence-corrected chi connectivity index (χ1v) is 3.12. The Hall–Kier alpha value is -0.0800. The van der Waals surface area contributed by atoms with Crippen molar-refractivity contribution in [1.29, 1.82) is 0 Å². The second-order valence-electron chi connectivity index (χ2n) is 2.80. The molecule has 2 rings (SSSR count). The van der Waals surface area contributed by atoms with Crippen LogP contribution in [0.15, 0.2) is 0 Å². The Labute approximate surface area is 48.5 Å². The minimum absolute atomic E-state index is 0.0845. The fourth-order valence-electron chi connectivity index (χ4n) is 1.48. The predicted octanol–water partition coefficient (Wildman–Crippen LogP) is 0.154. The fourth-order valence-corrected chi connectivity index (χ4v) is 1.48. The third-order valence-corrected chi connectivity index (χ3v) is 2.22. The number of fused-ring (bicyclic) bond motifs is 1. The molecule has 0 amide bonds. The molecular weight excluding hydrogens is 104 g/mol. The summed E-state index contributed by atoms with van der Waals surface area (Å²) in [5.74, 6) is 0.389. The summed E-state index contributed by atoms with van der Waals surface area (Å²) in [5, 5.41) is 9.12. The first kappa shape index (κ1) is 4.77. The molecule has 46 valence electrons. The molecule has 0 aromatic heterocycles. The zero-order valence-corrected chi connectivity index (χ0v) is 4.87. The molecule has 2 heteroatoms. The Morgan fingerprint density at radius 1 is 1.62 bits per heavy atom. The molecular formula is C6H10O2. The third-order valence-electron chi connectivity index (χ3n) is 2.22. The van der Waals surface area contributed by atoms with Crippen LogP contribution in [0.2, 0.25) is 0 Å². The van der Waals surface area contributed by atoms with Gasteiger partial charge in [-0.1, -0.05) is 6.92 Å². The van der Waals surface area contributed by atoms with Crippen LogP contribution in [0.4, 0.5) is 0 Å². The zero-order valence-electron chi connectivity index (χ0n) is 4.87. The van der Waals surface area contributed by atoms with Crippen molar-refractivity contribution in [1.82, 2.24) is 0 Å². The summed E-state index contributed by atoms with van der Waals surface area (Å²) in [6, 6.07) is 0. The van der Waals surface area contributed by atoms with Crippen molar-refractivity contribution in [2.45, 2.75) is 31.7 Å². The summed E-state index contributed by atoms with van der Waals surface area (Å²) >= 11 is 0. The lowest BCUT2D eigenvalue weighted by molar-refractivity contribution is 0.0832. The van der Waals surface area contributed by atoms with Crippen LogP contribution in [0.5, 0.6) is 0 Å². The molecule has 2 fully saturated rings.